The maximum absolute atomic E-state index is 10.8. The lowest BCUT2D eigenvalue weighted by Gasteiger charge is -2.47. The number of aromatic amines is 1. The standard InChI is InChI=1S/C42H47N3O8/c1-43-22-42(51-23-44-2)20-34-33-17-27(16-24-3-9-35-25(15-24)11-12-45-35)32-19-28(48)5-7-30(32)38(33)40-31(8-6-29(21-47)52-40)39(34)53-41(42)26-4-10-36(49)37(18-26)50-14-13-46/h3-5,7,9-12,15,18-19,27,29,41,43-49H,6,8,13-14,16-17,20-23H2,1-2H3/t27-,29+,41-,42+/m1/s1. The third kappa shape index (κ3) is 6.36. The Bertz CT molecular complexity index is 2130. The Morgan fingerprint density at radius 2 is 1.81 bits per heavy atom. The molecule has 0 radical (unpaired) electrons. The molecule has 278 valence electrons. The van der Waals surface area contributed by atoms with Gasteiger partial charge < -0.3 is 49.7 Å². The number of phenols is 2. The molecule has 2 aliphatic heterocycles. The van der Waals surface area contributed by atoms with Crippen molar-refractivity contribution in [2.24, 2.45) is 0 Å². The molecule has 0 amide bonds. The first-order valence-corrected chi connectivity index (χ1v) is 18.4. The average molecular weight is 722 g/mol. The molecule has 53 heavy (non-hydrogen) atoms. The first-order chi connectivity index (χ1) is 25.9. The first kappa shape index (κ1) is 35.3. The number of fused-ring (bicyclic) bond motifs is 9. The van der Waals surface area contributed by atoms with Gasteiger partial charge in [-0.05, 0) is 121 Å². The fourth-order valence-electron chi connectivity index (χ4n) is 8.69. The number of likely N-dealkylation sites (N-methyl/N-ethyl adjacent to an activating group) is 1. The Morgan fingerprint density at radius 1 is 0.925 bits per heavy atom. The molecule has 0 bridgehead atoms. The molecular weight excluding hydrogens is 674 g/mol. The highest BCUT2D eigenvalue weighted by molar-refractivity contribution is 5.85. The van der Waals surface area contributed by atoms with Crippen LogP contribution in [0.1, 0.15) is 51.8 Å². The van der Waals surface area contributed by atoms with Crippen LogP contribution < -0.4 is 24.8 Å². The second-order valence-corrected chi connectivity index (χ2v) is 14.4. The van der Waals surface area contributed by atoms with Crippen molar-refractivity contribution in [3.05, 3.63) is 100 Å². The summed E-state index contributed by atoms with van der Waals surface area (Å²) in [4.78, 5) is 3.29. The molecule has 8 rings (SSSR count). The van der Waals surface area contributed by atoms with E-state index in [0.717, 1.165) is 67.8 Å². The predicted octanol–water partition coefficient (Wildman–Crippen LogP) is 5.01. The number of hydrogen-bond acceptors (Lipinski definition) is 10. The van der Waals surface area contributed by atoms with Crippen molar-refractivity contribution in [2.45, 2.75) is 55.8 Å². The van der Waals surface area contributed by atoms with Crippen LogP contribution in [0.15, 0.2) is 66.9 Å². The van der Waals surface area contributed by atoms with Crippen LogP contribution in [0.3, 0.4) is 0 Å². The minimum Gasteiger partial charge on any atom is -0.508 e. The van der Waals surface area contributed by atoms with Gasteiger partial charge in [-0.15, -0.1) is 0 Å². The molecule has 0 saturated carbocycles. The van der Waals surface area contributed by atoms with Gasteiger partial charge in [-0.3, -0.25) is 5.32 Å². The summed E-state index contributed by atoms with van der Waals surface area (Å²) in [5.74, 6) is 1.96. The molecule has 0 fully saturated rings. The van der Waals surface area contributed by atoms with Crippen molar-refractivity contribution >= 4 is 10.9 Å². The number of rotatable bonds is 12. The lowest BCUT2D eigenvalue weighted by atomic mass is 9.70. The van der Waals surface area contributed by atoms with Crippen molar-refractivity contribution in [2.75, 3.05) is 47.2 Å². The summed E-state index contributed by atoms with van der Waals surface area (Å²) in [6, 6.07) is 19.4. The number of aromatic hydroxyl groups is 2. The highest BCUT2D eigenvalue weighted by Gasteiger charge is 2.50. The zero-order valence-corrected chi connectivity index (χ0v) is 30.1. The SMILES string of the molecule is CNCO[C@]1(CNC)Cc2c3c(c4c(c2O[C@@H]1c1ccc(O)c(OCCO)c1)CC[C@@H](CO)O4)-c1ccc(O)cc1[C@H](Cc1ccc2[nH]ccc2c1)C3. The number of phenolic OH excluding ortho intramolecular Hbond substituents is 2. The Morgan fingerprint density at radius 3 is 2.62 bits per heavy atom. The third-order valence-corrected chi connectivity index (χ3v) is 11.0. The Kier molecular flexibility index (Phi) is 9.69. The van der Waals surface area contributed by atoms with E-state index in [9.17, 15) is 20.4 Å². The van der Waals surface area contributed by atoms with E-state index in [1.807, 2.05) is 38.5 Å². The van der Waals surface area contributed by atoms with Gasteiger partial charge in [-0.2, -0.15) is 0 Å². The van der Waals surface area contributed by atoms with E-state index in [-0.39, 0.29) is 55.8 Å². The molecule has 1 aromatic heterocycles. The number of benzene rings is 4. The smallest absolute Gasteiger partial charge is 0.161 e. The molecule has 11 nitrogen and oxygen atoms in total. The maximum Gasteiger partial charge on any atom is 0.161 e. The van der Waals surface area contributed by atoms with Crippen LogP contribution in [0.25, 0.3) is 22.0 Å². The summed E-state index contributed by atoms with van der Waals surface area (Å²) >= 11 is 0. The first-order valence-electron chi connectivity index (χ1n) is 18.4. The summed E-state index contributed by atoms with van der Waals surface area (Å²) in [5.41, 5.74) is 8.34. The maximum atomic E-state index is 10.8. The topological polar surface area (TPSA) is 158 Å². The molecule has 1 aliphatic carbocycles. The van der Waals surface area contributed by atoms with E-state index in [1.54, 1.807) is 18.2 Å². The quantitative estimate of drug-likeness (QED) is 0.0874. The number of nitrogens with one attached hydrogen (secondary N) is 3. The average Bonchev–Trinajstić information content (AvgIpc) is 3.65. The summed E-state index contributed by atoms with van der Waals surface area (Å²) < 4.78 is 26.5. The molecule has 0 unspecified atom stereocenters. The molecule has 0 saturated heterocycles. The lowest BCUT2D eigenvalue weighted by Crippen LogP contribution is -2.54. The summed E-state index contributed by atoms with van der Waals surface area (Å²) in [5, 5.41) is 48.9. The number of aliphatic hydroxyl groups excluding tert-OH is 2. The highest BCUT2D eigenvalue weighted by Crippen LogP contribution is 2.57. The van der Waals surface area contributed by atoms with Gasteiger partial charge in [0.15, 0.2) is 17.6 Å². The summed E-state index contributed by atoms with van der Waals surface area (Å²) in [6.45, 7) is 0.457. The zero-order chi connectivity index (χ0) is 36.7. The molecule has 4 aromatic carbocycles. The van der Waals surface area contributed by atoms with Gasteiger partial charge in [0.25, 0.3) is 0 Å². The fraction of sp³-hybridized carbons (Fsp3) is 0.381. The van der Waals surface area contributed by atoms with E-state index in [1.165, 1.54) is 5.56 Å². The number of aliphatic hydroxyl groups is 2. The predicted molar refractivity (Wildman–Crippen MR) is 201 cm³/mol. The molecule has 11 heteroatoms. The Balaban J connectivity index is 1.32. The third-order valence-electron chi connectivity index (χ3n) is 11.0. The second kappa shape index (κ2) is 14.6. The van der Waals surface area contributed by atoms with Crippen LogP contribution in [-0.4, -0.2) is 84.3 Å². The van der Waals surface area contributed by atoms with Gasteiger partial charge in [0, 0.05) is 41.4 Å². The van der Waals surface area contributed by atoms with Gasteiger partial charge in [-0.1, -0.05) is 18.2 Å². The normalized spacial score (nSPS) is 21.5. The highest BCUT2D eigenvalue weighted by atomic mass is 16.6. The van der Waals surface area contributed by atoms with Crippen molar-refractivity contribution < 1.29 is 39.4 Å². The van der Waals surface area contributed by atoms with Crippen LogP contribution in [0, 0.1) is 0 Å². The van der Waals surface area contributed by atoms with E-state index in [0.29, 0.717) is 32.2 Å². The molecule has 0 spiro atoms. The van der Waals surface area contributed by atoms with E-state index in [2.05, 4.69) is 39.9 Å². The molecule has 3 heterocycles. The summed E-state index contributed by atoms with van der Waals surface area (Å²) in [7, 11) is 3.74. The molecule has 7 N–H and O–H groups in total. The van der Waals surface area contributed by atoms with Crippen molar-refractivity contribution in [1.82, 2.24) is 15.6 Å². The Hall–Kier alpha value is -4.78. The zero-order valence-electron chi connectivity index (χ0n) is 30.1. The number of aromatic nitrogens is 1. The van der Waals surface area contributed by atoms with Crippen LogP contribution in [0.5, 0.6) is 28.7 Å². The minimum atomic E-state index is -0.898. The van der Waals surface area contributed by atoms with Gasteiger partial charge >= 0.3 is 0 Å². The van der Waals surface area contributed by atoms with E-state index >= 15 is 0 Å². The van der Waals surface area contributed by atoms with Crippen molar-refractivity contribution in [3.63, 3.8) is 0 Å². The molecule has 5 aromatic rings. The van der Waals surface area contributed by atoms with E-state index in [4.69, 9.17) is 18.9 Å². The van der Waals surface area contributed by atoms with Crippen LogP contribution in [0.4, 0.5) is 0 Å². The largest absolute Gasteiger partial charge is 0.508 e. The minimum absolute atomic E-state index is 0.0323. The van der Waals surface area contributed by atoms with Gasteiger partial charge in [0.05, 0.1) is 19.9 Å². The van der Waals surface area contributed by atoms with E-state index < -0.39 is 11.7 Å². The van der Waals surface area contributed by atoms with Crippen LogP contribution >= 0.6 is 0 Å². The number of ether oxygens (including phenoxy) is 4. The molecular formula is C42H47N3O8. The fourth-order valence-corrected chi connectivity index (χ4v) is 8.69. The van der Waals surface area contributed by atoms with Crippen molar-refractivity contribution in [3.8, 4) is 39.9 Å². The van der Waals surface area contributed by atoms with Crippen molar-refractivity contribution in [1.29, 1.82) is 0 Å². The van der Waals surface area contributed by atoms with Crippen LogP contribution in [-0.2, 0) is 30.4 Å². The van der Waals surface area contributed by atoms with Gasteiger partial charge in [0.1, 0.15) is 35.6 Å². The number of H-pyrrole nitrogens is 1. The monoisotopic (exact) mass is 721 g/mol. The summed E-state index contributed by atoms with van der Waals surface area (Å²) in [6.07, 6.45) is 4.19. The molecule has 4 atom stereocenters. The second-order valence-electron chi connectivity index (χ2n) is 14.4. The van der Waals surface area contributed by atoms with Gasteiger partial charge in [-0.25, -0.2) is 0 Å². The Labute approximate surface area is 308 Å². The molecule has 3 aliphatic rings. The lowest BCUT2D eigenvalue weighted by molar-refractivity contribution is -0.128. The van der Waals surface area contributed by atoms with Gasteiger partial charge in [0.2, 0.25) is 0 Å². The van der Waals surface area contributed by atoms with Crippen LogP contribution in [0.2, 0.25) is 0 Å². The number of hydrogen-bond donors (Lipinski definition) is 7.